The third-order valence-corrected chi connectivity index (χ3v) is 6.79. The van der Waals surface area contributed by atoms with E-state index in [-0.39, 0.29) is 26.9 Å². The number of fused-ring (bicyclic) bond motifs is 1. The first-order valence-electron chi connectivity index (χ1n) is 10.8. The summed E-state index contributed by atoms with van der Waals surface area (Å²) < 4.78 is 0. The van der Waals surface area contributed by atoms with Gasteiger partial charge < -0.3 is 5.73 Å². The summed E-state index contributed by atoms with van der Waals surface area (Å²) in [4.78, 5) is 32.7. The molecule has 0 bridgehead atoms. The number of benzene rings is 3. The van der Waals surface area contributed by atoms with Gasteiger partial charge in [-0.2, -0.15) is 10.4 Å². The van der Waals surface area contributed by atoms with Crippen molar-refractivity contribution in [2.24, 2.45) is 15.8 Å². The number of carbonyl (C=O) groups is 2. The molecule has 0 atom stereocenters. The van der Waals surface area contributed by atoms with Crippen molar-refractivity contribution in [3.05, 3.63) is 112 Å². The highest BCUT2D eigenvalue weighted by Gasteiger charge is 2.64. The first-order chi connectivity index (χ1) is 17.0. The lowest BCUT2D eigenvalue weighted by Crippen LogP contribution is -2.60. The molecule has 0 fully saturated rings. The van der Waals surface area contributed by atoms with Crippen molar-refractivity contribution in [1.82, 2.24) is 5.01 Å². The highest BCUT2D eigenvalue weighted by Crippen LogP contribution is 2.47. The van der Waals surface area contributed by atoms with Gasteiger partial charge in [-0.3, -0.25) is 9.59 Å². The molecule has 5 rings (SSSR count). The summed E-state index contributed by atoms with van der Waals surface area (Å²) in [5.41, 5.74) is 6.46. The molecular weight excluding hydrogens is 458 g/mol. The Hall–Kier alpha value is -4.48. The monoisotopic (exact) mass is 477 g/mol. The average molecular weight is 478 g/mol. The lowest BCUT2D eigenvalue weighted by molar-refractivity contribution is 0.0700. The van der Waals surface area contributed by atoms with E-state index in [1.54, 1.807) is 43.3 Å². The van der Waals surface area contributed by atoms with E-state index >= 15 is 0 Å². The van der Waals surface area contributed by atoms with E-state index in [2.05, 4.69) is 4.99 Å². The van der Waals surface area contributed by atoms with Crippen molar-refractivity contribution < 1.29 is 9.59 Å². The molecule has 0 saturated carbocycles. The summed E-state index contributed by atoms with van der Waals surface area (Å²) in [6.45, 7) is 1.78. The molecule has 3 aromatic rings. The molecule has 2 aliphatic rings. The van der Waals surface area contributed by atoms with Gasteiger partial charge in [0.25, 0.3) is 0 Å². The van der Waals surface area contributed by atoms with Crippen molar-refractivity contribution >= 4 is 39.9 Å². The van der Waals surface area contributed by atoms with Gasteiger partial charge in [0.15, 0.2) is 5.17 Å². The molecule has 1 spiro atoms. The largest absolute Gasteiger partial charge is 0.392 e. The number of amidine groups is 1. The Labute approximate surface area is 206 Å². The Bertz CT molecular complexity index is 1450. The predicted molar refractivity (Wildman–Crippen MR) is 136 cm³/mol. The van der Waals surface area contributed by atoms with Crippen LogP contribution in [-0.4, -0.2) is 33.0 Å². The van der Waals surface area contributed by atoms with E-state index in [1.165, 1.54) is 5.01 Å². The van der Waals surface area contributed by atoms with Gasteiger partial charge in [0.1, 0.15) is 11.6 Å². The molecule has 1 aliphatic carbocycles. The van der Waals surface area contributed by atoms with Gasteiger partial charge >= 0.3 is 0 Å². The Morgan fingerprint density at radius 3 is 2.03 bits per heavy atom. The van der Waals surface area contributed by atoms with Crippen LogP contribution in [0.3, 0.4) is 0 Å². The number of hydrogen-bond acceptors (Lipinski definition) is 7. The van der Waals surface area contributed by atoms with Crippen molar-refractivity contribution in [2.45, 2.75) is 12.5 Å². The molecule has 1 heterocycles. The summed E-state index contributed by atoms with van der Waals surface area (Å²) >= 11 is 1.00. The number of carbonyl (C=O) groups excluding carboxylic acids is 2. The molecule has 170 valence electrons. The van der Waals surface area contributed by atoms with Crippen LogP contribution >= 0.6 is 11.8 Å². The fourth-order valence-corrected chi connectivity index (χ4v) is 5.14. The van der Waals surface area contributed by atoms with Crippen LogP contribution in [0.5, 0.6) is 0 Å². The third-order valence-electron chi connectivity index (χ3n) is 5.92. The number of hydrogen-bond donors (Lipinski definition) is 1. The lowest BCUT2D eigenvalue weighted by atomic mass is 9.84. The Balaban J connectivity index is 1.81. The number of nitrogens with zero attached hydrogens (tertiary/aromatic N) is 4. The number of thioether (sulfide) groups is 1. The number of hydrazone groups is 1. The minimum absolute atomic E-state index is 0.0421. The maximum atomic E-state index is 14.0. The standard InChI is InChI=1S/C27H19N5O2S/c1-17(18-10-4-2-5-11-18)31-32-26(30-19-12-6-3-7-13-19)35-25(29)22(16-28)27(32)23(33)20-14-8-9-15-21(20)24(27)34/h2-15H,29H2,1H3/b30-26?,31-17+. The zero-order chi connectivity index (χ0) is 24.6. The number of Topliss-reactive ketones (excluding diaryl/α,β-unsaturated/α-hetero) is 2. The number of nitriles is 1. The zero-order valence-corrected chi connectivity index (χ0v) is 19.5. The summed E-state index contributed by atoms with van der Waals surface area (Å²) in [5, 5.41) is 16.4. The predicted octanol–water partition coefficient (Wildman–Crippen LogP) is 4.66. The van der Waals surface area contributed by atoms with Crippen molar-refractivity contribution in [3.8, 4) is 6.07 Å². The van der Waals surface area contributed by atoms with E-state index in [1.807, 2.05) is 54.6 Å². The van der Waals surface area contributed by atoms with Crippen LogP contribution in [-0.2, 0) is 0 Å². The van der Waals surface area contributed by atoms with Crippen molar-refractivity contribution in [1.29, 1.82) is 5.26 Å². The van der Waals surface area contributed by atoms with Crippen LogP contribution in [0, 0.1) is 11.3 Å². The van der Waals surface area contributed by atoms with Gasteiger partial charge in [-0.25, -0.2) is 10.0 Å². The zero-order valence-electron chi connectivity index (χ0n) is 18.7. The first-order valence-corrected chi connectivity index (χ1v) is 11.6. The smallest absolute Gasteiger partial charge is 0.227 e. The lowest BCUT2D eigenvalue weighted by Gasteiger charge is -2.39. The van der Waals surface area contributed by atoms with Crippen LogP contribution in [0.2, 0.25) is 0 Å². The maximum Gasteiger partial charge on any atom is 0.227 e. The van der Waals surface area contributed by atoms with Crippen LogP contribution < -0.4 is 5.73 Å². The topological polar surface area (TPSA) is 112 Å². The fraction of sp³-hybridized carbons (Fsp3) is 0.0741. The Morgan fingerprint density at radius 2 is 1.46 bits per heavy atom. The van der Waals surface area contributed by atoms with Crippen LogP contribution in [0.1, 0.15) is 33.2 Å². The molecule has 1 aliphatic heterocycles. The number of rotatable bonds is 3. The second-order valence-electron chi connectivity index (χ2n) is 7.96. The van der Waals surface area contributed by atoms with Gasteiger partial charge in [0, 0.05) is 11.1 Å². The molecule has 0 unspecified atom stereocenters. The first kappa shape index (κ1) is 22.3. The summed E-state index contributed by atoms with van der Waals surface area (Å²) in [7, 11) is 0. The highest BCUT2D eigenvalue weighted by atomic mass is 32.2. The number of aliphatic imine (C=N–C) groups is 1. The summed E-state index contributed by atoms with van der Waals surface area (Å²) in [5.74, 6) is -1.11. The molecule has 8 heteroatoms. The minimum Gasteiger partial charge on any atom is -0.392 e. The van der Waals surface area contributed by atoms with Crippen LogP contribution in [0.25, 0.3) is 0 Å². The minimum atomic E-state index is -2.07. The number of nitrogens with two attached hydrogens (primary N) is 1. The quantitative estimate of drug-likeness (QED) is 0.434. The molecule has 0 amide bonds. The number of para-hydroxylation sites is 1. The SMILES string of the molecule is C/C(=N\N1C(=Nc2ccccc2)SC(N)=C(C#N)C12C(=O)c1ccccc1C2=O)c1ccccc1. The van der Waals surface area contributed by atoms with E-state index in [4.69, 9.17) is 10.8 Å². The highest BCUT2D eigenvalue weighted by molar-refractivity contribution is 8.17. The average Bonchev–Trinajstić information content (AvgIpc) is 3.10. The normalized spacial score (nSPS) is 18.2. The van der Waals surface area contributed by atoms with E-state index in [9.17, 15) is 14.9 Å². The molecule has 0 saturated heterocycles. The number of ketones is 2. The molecule has 7 nitrogen and oxygen atoms in total. The van der Waals surface area contributed by atoms with Gasteiger partial charge in [0.2, 0.25) is 17.1 Å². The molecule has 2 N–H and O–H groups in total. The third kappa shape index (κ3) is 3.45. The van der Waals surface area contributed by atoms with Crippen molar-refractivity contribution in [2.75, 3.05) is 0 Å². The Morgan fingerprint density at radius 1 is 0.914 bits per heavy atom. The summed E-state index contributed by atoms with van der Waals surface area (Å²) in [6, 6.07) is 27.0. The molecular formula is C27H19N5O2S. The van der Waals surface area contributed by atoms with E-state index in [0.29, 0.717) is 11.4 Å². The van der Waals surface area contributed by atoms with Gasteiger partial charge in [0.05, 0.1) is 16.4 Å². The van der Waals surface area contributed by atoms with Crippen molar-refractivity contribution in [3.63, 3.8) is 0 Å². The van der Waals surface area contributed by atoms with Gasteiger partial charge in [-0.15, -0.1) is 0 Å². The van der Waals surface area contributed by atoms with Gasteiger partial charge in [-0.05, 0) is 36.4 Å². The second-order valence-corrected chi connectivity index (χ2v) is 8.97. The van der Waals surface area contributed by atoms with Crippen LogP contribution in [0.15, 0.2) is 106 Å². The summed E-state index contributed by atoms with van der Waals surface area (Å²) in [6.07, 6.45) is 0. The molecule has 0 aromatic heterocycles. The maximum absolute atomic E-state index is 14.0. The van der Waals surface area contributed by atoms with Gasteiger partial charge in [-0.1, -0.05) is 72.8 Å². The Kier molecular flexibility index (Phi) is 5.55. The van der Waals surface area contributed by atoms with Crippen LogP contribution in [0.4, 0.5) is 5.69 Å². The van der Waals surface area contributed by atoms with E-state index < -0.39 is 17.1 Å². The van der Waals surface area contributed by atoms with E-state index in [0.717, 1.165) is 17.3 Å². The molecule has 3 aromatic carbocycles. The fourth-order valence-electron chi connectivity index (χ4n) is 4.24. The molecule has 35 heavy (non-hydrogen) atoms. The second kappa shape index (κ2) is 8.70. The molecule has 0 radical (unpaired) electrons.